The van der Waals surface area contributed by atoms with Gasteiger partial charge >= 0.3 is 0 Å². The molecular weight excluding hydrogens is 320 g/mol. The molecule has 2 aromatic rings. The fourth-order valence-electron chi connectivity index (χ4n) is 2.73. The summed E-state index contributed by atoms with van der Waals surface area (Å²) < 4.78 is 2.02. The predicted octanol–water partition coefficient (Wildman–Crippen LogP) is 3.36. The van der Waals surface area contributed by atoms with E-state index < -0.39 is 0 Å². The van der Waals surface area contributed by atoms with Gasteiger partial charge < -0.3 is 9.88 Å². The van der Waals surface area contributed by atoms with E-state index in [9.17, 15) is 4.79 Å². The second kappa shape index (κ2) is 7.38. The van der Waals surface area contributed by atoms with Crippen LogP contribution in [0.25, 0.3) is 0 Å². The number of benzene rings is 1. The third kappa shape index (κ3) is 3.98. The number of hydrogen-bond acceptors (Lipinski definition) is 4. The number of carbonyl (C=O) groups excluding carboxylic acids is 1. The van der Waals surface area contributed by atoms with Gasteiger partial charge in [-0.2, -0.15) is 0 Å². The van der Waals surface area contributed by atoms with Crippen molar-refractivity contribution in [3.63, 3.8) is 0 Å². The highest BCUT2D eigenvalue weighted by molar-refractivity contribution is 7.99. The molecule has 1 aromatic heterocycles. The minimum Gasteiger partial charge on any atom is -0.349 e. The number of amides is 1. The Bertz CT molecular complexity index is 706. The van der Waals surface area contributed by atoms with Gasteiger partial charge in [0.15, 0.2) is 5.16 Å². The minimum atomic E-state index is 0.0309. The minimum absolute atomic E-state index is 0.0309. The van der Waals surface area contributed by atoms with Gasteiger partial charge in [-0.15, -0.1) is 10.2 Å². The van der Waals surface area contributed by atoms with Crippen LogP contribution >= 0.6 is 11.8 Å². The largest absolute Gasteiger partial charge is 0.349 e. The number of aromatic nitrogens is 3. The van der Waals surface area contributed by atoms with Crippen LogP contribution in [0.2, 0.25) is 0 Å². The van der Waals surface area contributed by atoms with Crippen LogP contribution in [-0.2, 0) is 11.8 Å². The van der Waals surface area contributed by atoms with Crippen molar-refractivity contribution >= 4 is 17.7 Å². The molecule has 0 saturated heterocycles. The summed E-state index contributed by atoms with van der Waals surface area (Å²) >= 11 is 1.45. The number of thioether (sulfide) groups is 1. The molecule has 6 heteroatoms. The maximum absolute atomic E-state index is 12.3. The zero-order valence-electron chi connectivity index (χ0n) is 14.5. The average Bonchev–Trinajstić information content (AvgIpc) is 3.35. The number of hydrogen-bond donors (Lipinski definition) is 1. The summed E-state index contributed by atoms with van der Waals surface area (Å²) in [6.07, 6.45) is 3.27. The average molecular weight is 344 g/mol. The van der Waals surface area contributed by atoms with Crippen molar-refractivity contribution in [3.8, 4) is 0 Å². The van der Waals surface area contributed by atoms with Crippen molar-refractivity contribution in [1.29, 1.82) is 0 Å². The van der Waals surface area contributed by atoms with E-state index in [2.05, 4.69) is 53.6 Å². The number of rotatable bonds is 7. The molecule has 1 N–H and O–H groups in total. The van der Waals surface area contributed by atoms with Gasteiger partial charge in [-0.1, -0.05) is 48.5 Å². The SMILES string of the molecule is CC[C@H](NC(=O)CSc1nnc(C2CC2)n1C)c1ccc(C)cc1. The molecule has 1 heterocycles. The van der Waals surface area contributed by atoms with E-state index in [4.69, 9.17) is 0 Å². The number of nitrogens with zero attached hydrogens (tertiary/aromatic N) is 3. The predicted molar refractivity (Wildman–Crippen MR) is 96.1 cm³/mol. The molecule has 24 heavy (non-hydrogen) atoms. The van der Waals surface area contributed by atoms with Gasteiger partial charge in [0.1, 0.15) is 5.82 Å². The molecule has 3 rings (SSSR count). The Morgan fingerprint density at radius 1 is 1.33 bits per heavy atom. The van der Waals surface area contributed by atoms with Gasteiger partial charge in [-0.05, 0) is 31.7 Å². The third-order valence-corrected chi connectivity index (χ3v) is 5.39. The van der Waals surface area contributed by atoms with E-state index in [1.165, 1.54) is 30.2 Å². The molecule has 0 bridgehead atoms. The molecular formula is C18H24N4OS. The molecule has 0 radical (unpaired) electrons. The van der Waals surface area contributed by atoms with Gasteiger partial charge in [0.2, 0.25) is 5.91 Å². The molecule has 128 valence electrons. The first kappa shape index (κ1) is 17.0. The van der Waals surface area contributed by atoms with Crippen molar-refractivity contribution in [2.45, 2.75) is 50.2 Å². The first-order valence-corrected chi connectivity index (χ1v) is 9.45. The van der Waals surface area contributed by atoms with Crippen molar-refractivity contribution in [2.75, 3.05) is 5.75 Å². The fourth-order valence-corrected chi connectivity index (χ4v) is 3.46. The Hall–Kier alpha value is -1.82. The third-order valence-electron chi connectivity index (χ3n) is 4.37. The summed E-state index contributed by atoms with van der Waals surface area (Å²) in [5, 5.41) is 12.4. The van der Waals surface area contributed by atoms with Crippen LogP contribution in [0.5, 0.6) is 0 Å². The van der Waals surface area contributed by atoms with Gasteiger partial charge in [0, 0.05) is 13.0 Å². The standard InChI is InChI=1S/C18H24N4OS/c1-4-15(13-7-5-12(2)6-8-13)19-16(23)11-24-18-21-20-17(22(18)3)14-9-10-14/h5-8,14-15H,4,9-11H2,1-3H3,(H,19,23)/t15-/m0/s1. The van der Waals surface area contributed by atoms with E-state index >= 15 is 0 Å². The Balaban J connectivity index is 1.55. The summed E-state index contributed by atoms with van der Waals surface area (Å²) in [6, 6.07) is 8.39. The van der Waals surface area contributed by atoms with Gasteiger partial charge in [-0.25, -0.2) is 0 Å². The zero-order valence-corrected chi connectivity index (χ0v) is 15.3. The van der Waals surface area contributed by atoms with Crippen molar-refractivity contribution in [1.82, 2.24) is 20.1 Å². The summed E-state index contributed by atoms with van der Waals surface area (Å²) in [4.78, 5) is 12.3. The first-order chi connectivity index (χ1) is 11.6. The lowest BCUT2D eigenvalue weighted by Gasteiger charge is -2.17. The Kier molecular flexibility index (Phi) is 5.23. The van der Waals surface area contributed by atoms with Gasteiger partial charge in [0.25, 0.3) is 0 Å². The van der Waals surface area contributed by atoms with Crippen LogP contribution < -0.4 is 5.32 Å². The summed E-state index contributed by atoms with van der Waals surface area (Å²) in [7, 11) is 1.98. The normalized spacial score (nSPS) is 15.3. The van der Waals surface area contributed by atoms with Crippen LogP contribution in [-0.4, -0.2) is 26.4 Å². The van der Waals surface area contributed by atoms with Crippen molar-refractivity contribution in [3.05, 3.63) is 41.2 Å². The fraction of sp³-hybridized carbons (Fsp3) is 0.500. The Labute approximate surface area is 147 Å². The Morgan fingerprint density at radius 3 is 2.67 bits per heavy atom. The lowest BCUT2D eigenvalue weighted by molar-refractivity contribution is -0.119. The van der Waals surface area contributed by atoms with Crippen LogP contribution in [0.1, 0.15) is 55.1 Å². The second-order valence-corrected chi connectivity index (χ2v) is 7.34. The summed E-state index contributed by atoms with van der Waals surface area (Å²) in [5.41, 5.74) is 2.38. The molecule has 1 atom stereocenters. The van der Waals surface area contributed by atoms with E-state index in [0.29, 0.717) is 11.7 Å². The second-order valence-electron chi connectivity index (χ2n) is 6.40. The van der Waals surface area contributed by atoms with Crippen LogP contribution in [0.3, 0.4) is 0 Å². The van der Waals surface area contributed by atoms with Crippen LogP contribution in [0, 0.1) is 6.92 Å². The van der Waals surface area contributed by atoms with E-state index in [0.717, 1.165) is 23.0 Å². The summed E-state index contributed by atoms with van der Waals surface area (Å²) in [6.45, 7) is 4.15. The number of carbonyl (C=O) groups is 1. The molecule has 0 spiro atoms. The lowest BCUT2D eigenvalue weighted by atomic mass is 10.0. The first-order valence-electron chi connectivity index (χ1n) is 8.46. The highest BCUT2D eigenvalue weighted by atomic mass is 32.2. The molecule has 0 unspecified atom stereocenters. The molecule has 1 saturated carbocycles. The zero-order chi connectivity index (χ0) is 17.1. The molecule has 1 aliphatic rings. The van der Waals surface area contributed by atoms with E-state index in [1.54, 1.807) is 0 Å². The lowest BCUT2D eigenvalue weighted by Crippen LogP contribution is -2.29. The molecule has 1 fully saturated rings. The molecule has 1 aromatic carbocycles. The smallest absolute Gasteiger partial charge is 0.230 e. The van der Waals surface area contributed by atoms with Crippen molar-refractivity contribution in [2.24, 2.45) is 7.05 Å². The maximum Gasteiger partial charge on any atom is 0.230 e. The molecule has 0 aliphatic heterocycles. The number of nitrogens with one attached hydrogen (secondary N) is 1. The quantitative estimate of drug-likeness (QED) is 0.783. The van der Waals surface area contributed by atoms with E-state index in [1.807, 2.05) is 11.6 Å². The van der Waals surface area contributed by atoms with Gasteiger partial charge in [-0.3, -0.25) is 4.79 Å². The monoisotopic (exact) mass is 344 g/mol. The Morgan fingerprint density at radius 2 is 2.04 bits per heavy atom. The number of aryl methyl sites for hydroxylation is 1. The summed E-state index contributed by atoms with van der Waals surface area (Å²) in [5.74, 6) is 2.00. The molecule has 5 nitrogen and oxygen atoms in total. The van der Waals surface area contributed by atoms with E-state index in [-0.39, 0.29) is 11.9 Å². The van der Waals surface area contributed by atoms with Gasteiger partial charge in [0.05, 0.1) is 11.8 Å². The topological polar surface area (TPSA) is 59.8 Å². The highest BCUT2D eigenvalue weighted by Crippen LogP contribution is 2.39. The van der Waals surface area contributed by atoms with Crippen LogP contribution in [0.15, 0.2) is 29.4 Å². The van der Waals surface area contributed by atoms with Crippen LogP contribution in [0.4, 0.5) is 0 Å². The van der Waals surface area contributed by atoms with Crippen molar-refractivity contribution < 1.29 is 4.79 Å². The highest BCUT2D eigenvalue weighted by Gasteiger charge is 2.29. The molecule has 1 aliphatic carbocycles. The maximum atomic E-state index is 12.3. The molecule has 1 amide bonds.